The summed E-state index contributed by atoms with van der Waals surface area (Å²) in [5, 5.41) is 3.90. The molecule has 0 radical (unpaired) electrons. The monoisotopic (exact) mass is 385 g/mol. The van der Waals surface area contributed by atoms with E-state index in [-0.39, 0.29) is 5.41 Å². The largest absolute Gasteiger partial charge is 0.439 e. The van der Waals surface area contributed by atoms with E-state index < -0.39 is 0 Å². The van der Waals surface area contributed by atoms with Crippen LogP contribution in [0.5, 0.6) is 11.6 Å². The molecule has 0 unspecified atom stereocenters. The lowest BCUT2D eigenvalue weighted by Crippen LogP contribution is -2.18. The van der Waals surface area contributed by atoms with Crippen LogP contribution in [0.1, 0.15) is 36.4 Å². The van der Waals surface area contributed by atoms with Gasteiger partial charge in [0.25, 0.3) is 0 Å². The summed E-state index contributed by atoms with van der Waals surface area (Å²) in [6, 6.07) is 20.5. The lowest BCUT2D eigenvalue weighted by atomic mass is 9.78. The van der Waals surface area contributed by atoms with E-state index in [0.717, 1.165) is 11.3 Å². The van der Waals surface area contributed by atoms with Crippen LogP contribution in [0.4, 0.5) is 0 Å². The molecule has 0 atom stereocenters. The molecule has 4 aromatic rings. The van der Waals surface area contributed by atoms with Crippen LogP contribution in [0, 0.1) is 13.8 Å². The molecule has 0 aliphatic carbocycles. The maximum atomic E-state index is 5.89. The Morgan fingerprint density at radius 2 is 1.48 bits per heavy atom. The molecule has 2 aromatic heterocycles. The zero-order chi connectivity index (χ0) is 20.4. The van der Waals surface area contributed by atoms with Crippen molar-refractivity contribution < 1.29 is 9.26 Å². The highest BCUT2D eigenvalue weighted by Crippen LogP contribution is 2.33. The minimum Gasteiger partial charge on any atom is -0.439 e. The topological polar surface area (TPSA) is 61.0 Å². The summed E-state index contributed by atoms with van der Waals surface area (Å²) in [7, 11) is 0. The quantitative estimate of drug-likeness (QED) is 0.430. The Kier molecular flexibility index (Phi) is 4.89. The first-order valence-corrected chi connectivity index (χ1v) is 9.54. The van der Waals surface area contributed by atoms with Crippen LogP contribution in [0.3, 0.4) is 0 Å². The Hall–Kier alpha value is -3.47. The van der Waals surface area contributed by atoms with Gasteiger partial charge in [-0.3, -0.25) is 0 Å². The second-order valence-electron chi connectivity index (χ2n) is 7.64. The number of ether oxygens (including phenoxy) is 1. The van der Waals surface area contributed by atoms with Crippen LogP contribution in [-0.2, 0) is 5.41 Å². The number of hydrogen-bond donors (Lipinski definition) is 0. The van der Waals surface area contributed by atoms with Gasteiger partial charge in [-0.25, -0.2) is 4.98 Å². The third kappa shape index (κ3) is 4.04. The van der Waals surface area contributed by atoms with Gasteiger partial charge in [-0.1, -0.05) is 61.0 Å². The lowest BCUT2D eigenvalue weighted by molar-refractivity contribution is 0.394. The highest BCUT2D eigenvalue weighted by Gasteiger charge is 2.22. The van der Waals surface area contributed by atoms with Crippen LogP contribution in [0.15, 0.2) is 71.4 Å². The molecule has 0 aliphatic heterocycles. The molecule has 146 valence electrons. The second-order valence-corrected chi connectivity index (χ2v) is 7.64. The standard InChI is InChI=1S/C24H23N3O2/c1-16-5-8-19(9-6-16)24(3,4)20-10-12-21(13-11-20)28-22-14-7-18(15-25-22)23-26-17(2)29-27-23/h5-15H,1-4H3. The van der Waals surface area contributed by atoms with Crippen LogP contribution >= 0.6 is 0 Å². The average molecular weight is 385 g/mol. The minimum absolute atomic E-state index is 0.0884. The Morgan fingerprint density at radius 3 is 2.03 bits per heavy atom. The maximum absolute atomic E-state index is 5.89. The number of pyridine rings is 1. The molecule has 4 rings (SSSR count). The van der Waals surface area contributed by atoms with Crippen LogP contribution in [-0.4, -0.2) is 15.1 Å². The van der Waals surface area contributed by atoms with E-state index in [1.165, 1.54) is 16.7 Å². The summed E-state index contributed by atoms with van der Waals surface area (Å²) < 4.78 is 10.9. The van der Waals surface area contributed by atoms with Gasteiger partial charge in [0.05, 0.1) is 0 Å². The van der Waals surface area contributed by atoms with Gasteiger partial charge in [-0.2, -0.15) is 4.98 Å². The molecule has 29 heavy (non-hydrogen) atoms. The first-order valence-electron chi connectivity index (χ1n) is 9.54. The van der Waals surface area contributed by atoms with Crippen LogP contribution in [0.2, 0.25) is 0 Å². The number of benzene rings is 2. The molecule has 0 saturated carbocycles. The molecule has 0 amide bonds. The normalized spacial score (nSPS) is 11.4. The molecule has 0 spiro atoms. The van der Waals surface area contributed by atoms with Gasteiger partial charge in [0.2, 0.25) is 17.6 Å². The van der Waals surface area contributed by atoms with Gasteiger partial charge in [-0.15, -0.1) is 0 Å². The summed E-state index contributed by atoms with van der Waals surface area (Å²) in [4.78, 5) is 8.54. The fourth-order valence-corrected chi connectivity index (χ4v) is 3.19. The van der Waals surface area contributed by atoms with Crippen molar-refractivity contribution in [3.8, 4) is 23.0 Å². The zero-order valence-electron chi connectivity index (χ0n) is 17.0. The summed E-state index contributed by atoms with van der Waals surface area (Å²) in [5.41, 5.74) is 4.47. The van der Waals surface area contributed by atoms with Gasteiger partial charge < -0.3 is 9.26 Å². The molecular weight excluding hydrogens is 362 g/mol. The highest BCUT2D eigenvalue weighted by molar-refractivity contribution is 5.53. The third-order valence-corrected chi connectivity index (χ3v) is 5.09. The number of aryl methyl sites for hydroxylation is 2. The van der Waals surface area contributed by atoms with Crippen molar-refractivity contribution in [2.45, 2.75) is 33.1 Å². The first kappa shape index (κ1) is 18.9. The molecule has 2 heterocycles. The van der Waals surface area contributed by atoms with Gasteiger partial charge >= 0.3 is 0 Å². The predicted octanol–water partition coefficient (Wildman–Crippen LogP) is 5.87. The number of nitrogens with zero attached hydrogens (tertiary/aromatic N) is 3. The minimum atomic E-state index is -0.0884. The van der Waals surface area contributed by atoms with Crippen molar-refractivity contribution in [3.63, 3.8) is 0 Å². The predicted molar refractivity (Wildman–Crippen MR) is 112 cm³/mol. The van der Waals surface area contributed by atoms with Gasteiger partial charge in [-0.05, 0) is 36.2 Å². The lowest BCUT2D eigenvalue weighted by Gasteiger charge is -2.26. The van der Waals surface area contributed by atoms with Crippen molar-refractivity contribution >= 4 is 0 Å². The van der Waals surface area contributed by atoms with E-state index in [1.54, 1.807) is 19.2 Å². The summed E-state index contributed by atoms with van der Waals surface area (Å²) in [5.74, 6) is 2.29. The molecule has 5 nitrogen and oxygen atoms in total. The van der Waals surface area contributed by atoms with E-state index in [2.05, 4.69) is 72.3 Å². The fourth-order valence-electron chi connectivity index (χ4n) is 3.19. The van der Waals surface area contributed by atoms with Crippen LogP contribution in [0.25, 0.3) is 11.4 Å². The molecule has 0 saturated heterocycles. The van der Waals surface area contributed by atoms with E-state index in [0.29, 0.717) is 17.6 Å². The molecule has 5 heteroatoms. The number of aromatic nitrogens is 3. The van der Waals surface area contributed by atoms with E-state index in [4.69, 9.17) is 9.26 Å². The SMILES string of the molecule is Cc1ccc(C(C)(C)c2ccc(Oc3ccc(-c4noc(C)n4)cn3)cc2)cc1. The van der Waals surface area contributed by atoms with Crippen LogP contribution < -0.4 is 4.74 Å². The first-order chi connectivity index (χ1) is 13.9. The van der Waals surface area contributed by atoms with Crippen molar-refractivity contribution in [1.29, 1.82) is 0 Å². The summed E-state index contributed by atoms with van der Waals surface area (Å²) in [6.07, 6.45) is 1.68. The molecule has 0 aliphatic rings. The number of rotatable bonds is 5. The summed E-state index contributed by atoms with van der Waals surface area (Å²) in [6.45, 7) is 8.32. The molecule has 0 N–H and O–H groups in total. The highest BCUT2D eigenvalue weighted by atomic mass is 16.5. The Labute approximate surface area is 170 Å². The van der Waals surface area contributed by atoms with Gasteiger partial charge in [0.15, 0.2) is 0 Å². The zero-order valence-corrected chi connectivity index (χ0v) is 17.0. The molecular formula is C24H23N3O2. The third-order valence-electron chi connectivity index (χ3n) is 5.09. The average Bonchev–Trinajstić information content (AvgIpc) is 3.16. The second kappa shape index (κ2) is 7.51. The van der Waals surface area contributed by atoms with E-state index in [1.807, 2.05) is 18.2 Å². The summed E-state index contributed by atoms with van der Waals surface area (Å²) >= 11 is 0. The fraction of sp³-hybridized carbons (Fsp3) is 0.208. The van der Waals surface area contributed by atoms with E-state index in [9.17, 15) is 0 Å². The van der Waals surface area contributed by atoms with E-state index >= 15 is 0 Å². The van der Waals surface area contributed by atoms with Gasteiger partial charge in [0, 0.05) is 30.2 Å². The molecule has 0 bridgehead atoms. The molecule has 2 aromatic carbocycles. The maximum Gasteiger partial charge on any atom is 0.223 e. The van der Waals surface area contributed by atoms with Crippen molar-refractivity contribution in [2.75, 3.05) is 0 Å². The van der Waals surface area contributed by atoms with Gasteiger partial charge in [0.1, 0.15) is 5.75 Å². The Bertz CT molecular complexity index is 1100. The Balaban J connectivity index is 1.48. The number of hydrogen-bond acceptors (Lipinski definition) is 5. The Morgan fingerprint density at radius 1 is 0.828 bits per heavy atom. The van der Waals surface area contributed by atoms with Crippen molar-refractivity contribution in [2.24, 2.45) is 0 Å². The van der Waals surface area contributed by atoms with Crippen molar-refractivity contribution in [1.82, 2.24) is 15.1 Å². The smallest absolute Gasteiger partial charge is 0.223 e. The molecule has 0 fully saturated rings. The van der Waals surface area contributed by atoms with Crippen molar-refractivity contribution in [3.05, 3.63) is 89.4 Å².